The average Bonchev–Trinajstić information content (AvgIpc) is 2.67. The predicted octanol–water partition coefficient (Wildman–Crippen LogP) is 4.64. The third-order valence-corrected chi connectivity index (χ3v) is 4.74. The maximum absolute atomic E-state index is 12.9. The average molecular weight is 412 g/mol. The molecule has 3 rings (SSSR count). The molecule has 1 unspecified atom stereocenters. The van der Waals surface area contributed by atoms with Gasteiger partial charge in [-0.15, -0.1) is 0 Å². The van der Waals surface area contributed by atoms with Crippen LogP contribution in [0.1, 0.15) is 28.4 Å². The largest absolute Gasteiger partial charge is 0.469 e. The van der Waals surface area contributed by atoms with Gasteiger partial charge in [0.1, 0.15) is 0 Å². The van der Waals surface area contributed by atoms with Crippen LogP contribution >= 0.6 is 15.9 Å². The highest BCUT2D eigenvalue weighted by atomic mass is 79.9. The van der Waals surface area contributed by atoms with Crippen LogP contribution in [0, 0.1) is 0 Å². The molecule has 4 nitrogen and oxygen atoms in total. The second-order valence-electron chi connectivity index (χ2n) is 5.88. The van der Waals surface area contributed by atoms with E-state index in [1.165, 1.54) is 7.11 Å². The number of hydrogen-bond donors (Lipinski definition) is 1. The van der Waals surface area contributed by atoms with Gasteiger partial charge in [-0.05, 0) is 34.5 Å². The molecule has 132 valence electrons. The molecule has 0 fully saturated rings. The minimum absolute atomic E-state index is 0.0641. The summed E-state index contributed by atoms with van der Waals surface area (Å²) in [5.74, 6) is -0.602. The van der Waals surface area contributed by atoms with Crippen LogP contribution in [-0.4, -0.2) is 19.0 Å². The van der Waals surface area contributed by atoms with Crippen molar-refractivity contribution in [3.63, 3.8) is 0 Å². The van der Waals surface area contributed by atoms with Gasteiger partial charge in [0, 0.05) is 10.0 Å². The number of ether oxygens (including phenoxy) is 1. The molecule has 0 aliphatic rings. The van der Waals surface area contributed by atoms with Gasteiger partial charge in [-0.1, -0.05) is 64.5 Å². The SMILES string of the molecule is COC(=O)CC(NC(=O)c1cccc2ccccc12)c1ccc(Br)cc1. The van der Waals surface area contributed by atoms with E-state index in [1.54, 1.807) is 6.07 Å². The number of esters is 1. The number of hydrogen-bond acceptors (Lipinski definition) is 3. The zero-order valence-electron chi connectivity index (χ0n) is 14.2. The Balaban J connectivity index is 1.91. The minimum Gasteiger partial charge on any atom is -0.469 e. The van der Waals surface area contributed by atoms with E-state index in [2.05, 4.69) is 21.2 Å². The number of carbonyl (C=O) groups is 2. The molecule has 1 amide bonds. The normalized spacial score (nSPS) is 11.8. The molecule has 1 N–H and O–H groups in total. The molecule has 0 aliphatic heterocycles. The number of methoxy groups -OCH3 is 1. The van der Waals surface area contributed by atoms with Crippen LogP contribution in [0.4, 0.5) is 0 Å². The van der Waals surface area contributed by atoms with E-state index in [-0.39, 0.29) is 18.3 Å². The number of halogens is 1. The molecule has 0 aromatic heterocycles. The summed E-state index contributed by atoms with van der Waals surface area (Å²) in [6.45, 7) is 0. The lowest BCUT2D eigenvalue weighted by Gasteiger charge is -2.19. The number of nitrogens with one attached hydrogen (secondary N) is 1. The van der Waals surface area contributed by atoms with Crippen LogP contribution in [0.2, 0.25) is 0 Å². The lowest BCUT2D eigenvalue weighted by Crippen LogP contribution is -2.30. The highest BCUT2D eigenvalue weighted by Crippen LogP contribution is 2.23. The Bertz CT molecular complexity index is 932. The first-order valence-electron chi connectivity index (χ1n) is 8.19. The Morgan fingerprint density at radius 2 is 1.69 bits per heavy atom. The van der Waals surface area contributed by atoms with E-state index in [4.69, 9.17) is 4.74 Å². The fourth-order valence-electron chi connectivity index (χ4n) is 2.86. The quantitative estimate of drug-likeness (QED) is 0.622. The molecule has 0 heterocycles. The zero-order chi connectivity index (χ0) is 18.5. The van der Waals surface area contributed by atoms with Gasteiger partial charge >= 0.3 is 5.97 Å². The lowest BCUT2D eigenvalue weighted by molar-refractivity contribution is -0.141. The summed E-state index contributed by atoms with van der Waals surface area (Å²) < 4.78 is 5.71. The van der Waals surface area contributed by atoms with E-state index in [1.807, 2.05) is 60.7 Å². The van der Waals surface area contributed by atoms with Gasteiger partial charge in [-0.3, -0.25) is 9.59 Å². The molecule has 0 saturated carbocycles. The van der Waals surface area contributed by atoms with Crippen LogP contribution in [0.15, 0.2) is 71.2 Å². The Labute approximate surface area is 160 Å². The van der Waals surface area contributed by atoms with E-state index >= 15 is 0 Å². The highest BCUT2D eigenvalue weighted by molar-refractivity contribution is 9.10. The standard InChI is InChI=1S/C21H18BrNO3/c1-26-20(24)13-19(15-9-11-16(22)12-10-15)23-21(25)18-8-4-6-14-5-2-3-7-17(14)18/h2-12,19H,13H2,1H3,(H,23,25). The van der Waals surface area contributed by atoms with Crippen molar-refractivity contribution < 1.29 is 14.3 Å². The predicted molar refractivity (Wildman–Crippen MR) is 105 cm³/mol. The first-order chi connectivity index (χ1) is 12.6. The highest BCUT2D eigenvalue weighted by Gasteiger charge is 2.20. The van der Waals surface area contributed by atoms with Gasteiger partial charge in [0.15, 0.2) is 0 Å². The fourth-order valence-corrected chi connectivity index (χ4v) is 3.12. The van der Waals surface area contributed by atoms with E-state index in [0.717, 1.165) is 20.8 Å². The third-order valence-electron chi connectivity index (χ3n) is 4.21. The van der Waals surface area contributed by atoms with Crippen molar-refractivity contribution >= 4 is 38.6 Å². The summed E-state index contributed by atoms with van der Waals surface area (Å²) in [6.07, 6.45) is 0.0641. The van der Waals surface area contributed by atoms with Gasteiger partial charge in [0.25, 0.3) is 5.91 Å². The van der Waals surface area contributed by atoms with Crippen LogP contribution in [0.5, 0.6) is 0 Å². The van der Waals surface area contributed by atoms with Crippen molar-refractivity contribution in [2.24, 2.45) is 0 Å². The van der Waals surface area contributed by atoms with Crippen molar-refractivity contribution in [3.05, 3.63) is 82.3 Å². The van der Waals surface area contributed by atoms with Gasteiger partial charge in [-0.2, -0.15) is 0 Å². The van der Waals surface area contributed by atoms with Gasteiger partial charge in [0.05, 0.1) is 19.6 Å². The summed E-state index contributed by atoms with van der Waals surface area (Å²) in [7, 11) is 1.34. The number of rotatable bonds is 5. The molecule has 0 saturated heterocycles. The van der Waals surface area contributed by atoms with Crippen LogP contribution in [0.25, 0.3) is 10.8 Å². The molecule has 26 heavy (non-hydrogen) atoms. The van der Waals surface area contributed by atoms with Crippen molar-refractivity contribution in [2.45, 2.75) is 12.5 Å². The molecule has 0 spiro atoms. The Hall–Kier alpha value is -2.66. The number of carbonyl (C=O) groups excluding carboxylic acids is 2. The molecule has 3 aromatic carbocycles. The number of fused-ring (bicyclic) bond motifs is 1. The lowest BCUT2D eigenvalue weighted by atomic mass is 10.0. The van der Waals surface area contributed by atoms with Crippen LogP contribution in [0.3, 0.4) is 0 Å². The van der Waals surface area contributed by atoms with E-state index in [0.29, 0.717) is 5.56 Å². The van der Waals surface area contributed by atoms with Crippen molar-refractivity contribution in [3.8, 4) is 0 Å². The first-order valence-corrected chi connectivity index (χ1v) is 8.98. The van der Waals surface area contributed by atoms with Crippen molar-refractivity contribution in [2.75, 3.05) is 7.11 Å². The van der Waals surface area contributed by atoms with Gasteiger partial charge in [0.2, 0.25) is 0 Å². The summed E-state index contributed by atoms with van der Waals surface area (Å²) in [5, 5.41) is 4.84. The summed E-state index contributed by atoms with van der Waals surface area (Å²) >= 11 is 3.39. The Morgan fingerprint density at radius 1 is 1.00 bits per heavy atom. The molecular weight excluding hydrogens is 394 g/mol. The Kier molecular flexibility index (Phi) is 5.68. The smallest absolute Gasteiger partial charge is 0.307 e. The molecule has 5 heteroatoms. The number of benzene rings is 3. The van der Waals surface area contributed by atoms with Crippen LogP contribution in [-0.2, 0) is 9.53 Å². The van der Waals surface area contributed by atoms with Crippen molar-refractivity contribution in [1.82, 2.24) is 5.32 Å². The van der Waals surface area contributed by atoms with E-state index in [9.17, 15) is 9.59 Å². The topological polar surface area (TPSA) is 55.4 Å². The summed E-state index contributed by atoms with van der Waals surface area (Å²) in [4.78, 5) is 24.7. The van der Waals surface area contributed by atoms with Gasteiger partial charge < -0.3 is 10.1 Å². The minimum atomic E-state index is -0.470. The first kappa shape index (κ1) is 18.1. The summed E-state index contributed by atoms with van der Waals surface area (Å²) in [5.41, 5.74) is 1.42. The molecule has 0 aliphatic carbocycles. The molecular formula is C21H18BrNO3. The molecule has 3 aromatic rings. The maximum Gasteiger partial charge on any atom is 0.307 e. The second-order valence-corrected chi connectivity index (χ2v) is 6.80. The molecule has 0 radical (unpaired) electrons. The third kappa shape index (κ3) is 4.11. The molecule has 1 atom stereocenters. The number of amides is 1. The summed E-state index contributed by atoms with van der Waals surface area (Å²) in [6, 6.07) is 20.4. The Morgan fingerprint density at radius 3 is 2.42 bits per heavy atom. The van der Waals surface area contributed by atoms with E-state index < -0.39 is 6.04 Å². The zero-order valence-corrected chi connectivity index (χ0v) is 15.8. The monoisotopic (exact) mass is 411 g/mol. The maximum atomic E-state index is 12.9. The van der Waals surface area contributed by atoms with Crippen molar-refractivity contribution in [1.29, 1.82) is 0 Å². The fraction of sp³-hybridized carbons (Fsp3) is 0.143. The van der Waals surface area contributed by atoms with Gasteiger partial charge in [-0.25, -0.2) is 0 Å². The molecule has 0 bridgehead atoms. The second kappa shape index (κ2) is 8.15. The van der Waals surface area contributed by atoms with Crippen LogP contribution < -0.4 is 5.32 Å².